The van der Waals surface area contributed by atoms with Gasteiger partial charge in [-0.1, -0.05) is 0 Å². The van der Waals surface area contributed by atoms with Crippen LogP contribution in [0.15, 0.2) is 12.1 Å². The van der Waals surface area contributed by atoms with E-state index in [-0.39, 0.29) is 18.3 Å². The second-order valence-corrected chi connectivity index (χ2v) is 4.20. The topological polar surface area (TPSA) is 35.5 Å². The van der Waals surface area contributed by atoms with Gasteiger partial charge in [-0.05, 0) is 25.0 Å². The first-order valence-corrected chi connectivity index (χ1v) is 5.89. The van der Waals surface area contributed by atoms with E-state index in [1.54, 1.807) is 0 Å². The smallest absolute Gasteiger partial charge is 0.190 e. The maximum Gasteiger partial charge on any atom is 0.190 e. The van der Waals surface area contributed by atoms with Crippen molar-refractivity contribution < 1.29 is 23.0 Å². The van der Waals surface area contributed by atoms with E-state index in [1.807, 2.05) is 0 Å². The Kier molecular flexibility index (Phi) is 4.25. The monoisotopic (exact) mass is 256 g/mol. The van der Waals surface area contributed by atoms with Gasteiger partial charge in [-0.25, -0.2) is 8.78 Å². The van der Waals surface area contributed by atoms with Gasteiger partial charge in [0.2, 0.25) is 0 Å². The molecule has 1 fully saturated rings. The molecule has 0 saturated carbocycles. The molecule has 1 aromatic rings. The Labute approximate surface area is 104 Å². The SMILES string of the molecule is O=Cc1cc(F)c(OCCC2CCCO2)c(F)c1. The fraction of sp³-hybridized carbons (Fsp3) is 0.462. The summed E-state index contributed by atoms with van der Waals surface area (Å²) in [5, 5.41) is 0. The third kappa shape index (κ3) is 3.04. The van der Waals surface area contributed by atoms with Crippen molar-refractivity contribution in [3.05, 3.63) is 29.3 Å². The number of carbonyl (C=O) groups excluding carboxylic acids is 1. The van der Waals surface area contributed by atoms with Gasteiger partial charge in [0.05, 0.1) is 12.7 Å². The van der Waals surface area contributed by atoms with Crippen molar-refractivity contribution in [2.75, 3.05) is 13.2 Å². The van der Waals surface area contributed by atoms with Crippen molar-refractivity contribution in [3.8, 4) is 5.75 Å². The van der Waals surface area contributed by atoms with E-state index in [1.165, 1.54) is 0 Å². The summed E-state index contributed by atoms with van der Waals surface area (Å²) in [6, 6.07) is 1.91. The highest BCUT2D eigenvalue weighted by Gasteiger charge is 2.17. The molecule has 2 rings (SSSR count). The number of benzene rings is 1. The van der Waals surface area contributed by atoms with E-state index in [0.29, 0.717) is 12.7 Å². The lowest BCUT2D eigenvalue weighted by Gasteiger charge is -2.11. The first-order valence-electron chi connectivity index (χ1n) is 5.89. The Bertz CT molecular complexity index is 405. The number of ether oxygens (including phenoxy) is 2. The zero-order valence-corrected chi connectivity index (χ0v) is 9.83. The van der Waals surface area contributed by atoms with Gasteiger partial charge in [0, 0.05) is 18.6 Å². The Hall–Kier alpha value is -1.49. The van der Waals surface area contributed by atoms with Crippen LogP contribution in [0.2, 0.25) is 0 Å². The maximum absolute atomic E-state index is 13.4. The summed E-state index contributed by atoms with van der Waals surface area (Å²) in [5.74, 6) is -2.15. The van der Waals surface area contributed by atoms with Crippen molar-refractivity contribution in [3.63, 3.8) is 0 Å². The molecule has 1 aromatic carbocycles. The van der Waals surface area contributed by atoms with Crippen LogP contribution in [0.3, 0.4) is 0 Å². The van der Waals surface area contributed by atoms with Crippen LogP contribution in [-0.4, -0.2) is 25.6 Å². The van der Waals surface area contributed by atoms with Gasteiger partial charge in [0.25, 0.3) is 0 Å². The zero-order valence-electron chi connectivity index (χ0n) is 9.83. The molecule has 0 aliphatic carbocycles. The molecular weight excluding hydrogens is 242 g/mol. The predicted molar refractivity (Wildman–Crippen MR) is 60.8 cm³/mol. The van der Waals surface area contributed by atoms with Crippen molar-refractivity contribution in [2.45, 2.75) is 25.4 Å². The lowest BCUT2D eigenvalue weighted by molar-refractivity contribution is 0.0890. The summed E-state index contributed by atoms with van der Waals surface area (Å²) in [6.45, 7) is 0.931. The summed E-state index contributed by atoms with van der Waals surface area (Å²) in [7, 11) is 0. The number of aldehydes is 1. The van der Waals surface area contributed by atoms with Crippen LogP contribution < -0.4 is 4.74 Å². The van der Waals surface area contributed by atoms with E-state index >= 15 is 0 Å². The van der Waals surface area contributed by atoms with Gasteiger partial charge >= 0.3 is 0 Å². The number of hydrogen-bond acceptors (Lipinski definition) is 3. The summed E-state index contributed by atoms with van der Waals surface area (Å²) < 4.78 is 37.3. The summed E-state index contributed by atoms with van der Waals surface area (Å²) in [6.07, 6.45) is 3.08. The van der Waals surface area contributed by atoms with Gasteiger partial charge in [-0.15, -0.1) is 0 Å². The average Bonchev–Trinajstić information content (AvgIpc) is 2.85. The quantitative estimate of drug-likeness (QED) is 0.760. The van der Waals surface area contributed by atoms with E-state index in [9.17, 15) is 13.6 Å². The van der Waals surface area contributed by atoms with Crippen LogP contribution in [-0.2, 0) is 4.74 Å². The number of halogens is 2. The molecule has 1 saturated heterocycles. The van der Waals surface area contributed by atoms with Gasteiger partial charge in [-0.2, -0.15) is 0 Å². The maximum atomic E-state index is 13.4. The van der Waals surface area contributed by atoms with Gasteiger partial charge in [0.1, 0.15) is 6.29 Å². The van der Waals surface area contributed by atoms with Crippen molar-refractivity contribution in [1.82, 2.24) is 0 Å². The van der Waals surface area contributed by atoms with E-state index in [0.717, 1.165) is 31.6 Å². The van der Waals surface area contributed by atoms with Crippen molar-refractivity contribution >= 4 is 6.29 Å². The average molecular weight is 256 g/mol. The van der Waals surface area contributed by atoms with Crippen LogP contribution in [0.5, 0.6) is 5.75 Å². The lowest BCUT2D eigenvalue weighted by atomic mass is 10.2. The zero-order chi connectivity index (χ0) is 13.0. The minimum atomic E-state index is -0.857. The molecule has 1 aliphatic heterocycles. The molecule has 1 atom stereocenters. The van der Waals surface area contributed by atoms with Gasteiger partial charge in [-0.3, -0.25) is 4.79 Å². The minimum absolute atomic E-state index is 0.0449. The molecule has 0 aromatic heterocycles. The second kappa shape index (κ2) is 5.91. The second-order valence-electron chi connectivity index (χ2n) is 4.20. The molecule has 5 heteroatoms. The number of rotatable bonds is 5. The third-order valence-corrected chi connectivity index (χ3v) is 2.87. The highest BCUT2D eigenvalue weighted by molar-refractivity contribution is 5.75. The third-order valence-electron chi connectivity index (χ3n) is 2.87. The molecule has 0 N–H and O–H groups in total. The number of hydrogen-bond donors (Lipinski definition) is 0. The van der Waals surface area contributed by atoms with Crippen LogP contribution in [0, 0.1) is 11.6 Å². The van der Waals surface area contributed by atoms with Crippen LogP contribution in [0.1, 0.15) is 29.6 Å². The van der Waals surface area contributed by atoms with Crippen molar-refractivity contribution in [2.24, 2.45) is 0 Å². The summed E-state index contributed by atoms with van der Waals surface area (Å²) >= 11 is 0. The predicted octanol–water partition coefficient (Wildman–Crippen LogP) is 2.73. The molecule has 1 aliphatic rings. The Morgan fingerprint density at radius 3 is 2.67 bits per heavy atom. The fourth-order valence-electron chi connectivity index (χ4n) is 1.95. The Balaban J connectivity index is 1.94. The van der Waals surface area contributed by atoms with Crippen LogP contribution in [0.4, 0.5) is 8.78 Å². The molecule has 3 nitrogen and oxygen atoms in total. The van der Waals surface area contributed by atoms with Crippen molar-refractivity contribution in [1.29, 1.82) is 0 Å². The fourth-order valence-corrected chi connectivity index (χ4v) is 1.95. The Morgan fingerprint density at radius 1 is 1.39 bits per heavy atom. The summed E-state index contributed by atoms with van der Waals surface area (Å²) in [5.41, 5.74) is -0.0449. The molecule has 98 valence electrons. The molecule has 0 radical (unpaired) electrons. The highest BCUT2D eigenvalue weighted by atomic mass is 19.1. The van der Waals surface area contributed by atoms with E-state index in [2.05, 4.69) is 0 Å². The van der Waals surface area contributed by atoms with E-state index in [4.69, 9.17) is 9.47 Å². The molecule has 0 amide bonds. The molecular formula is C13H14F2O3. The minimum Gasteiger partial charge on any atom is -0.488 e. The molecule has 0 bridgehead atoms. The lowest BCUT2D eigenvalue weighted by Crippen LogP contribution is -2.12. The standard InChI is InChI=1S/C13H14F2O3/c14-11-6-9(8-16)7-12(15)13(11)18-5-3-10-2-1-4-17-10/h6-8,10H,1-5H2. The van der Waals surface area contributed by atoms with Crippen LogP contribution >= 0.6 is 0 Å². The van der Waals surface area contributed by atoms with Gasteiger partial charge in [0.15, 0.2) is 17.4 Å². The van der Waals surface area contributed by atoms with Crippen LogP contribution in [0.25, 0.3) is 0 Å². The summed E-state index contributed by atoms with van der Waals surface area (Å²) in [4.78, 5) is 10.4. The van der Waals surface area contributed by atoms with E-state index < -0.39 is 17.4 Å². The first kappa shape index (κ1) is 13.0. The molecule has 18 heavy (non-hydrogen) atoms. The first-order chi connectivity index (χ1) is 8.70. The largest absolute Gasteiger partial charge is 0.488 e. The number of carbonyl (C=O) groups is 1. The van der Waals surface area contributed by atoms with Gasteiger partial charge < -0.3 is 9.47 Å². The molecule has 1 unspecified atom stereocenters. The normalized spacial score (nSPS) is 18.9. The Morgan fingerprint density at radius 2 is 2.11 bits per heavy atom. The molecule has 1 heterocycles. The molecule has 0 spiro atoms. The highest BCUT2D eigenvalue weighted by Crippen LogP contribution is 2.23.